The monoisotopic (exact) mass is 468 g/mol. The van der Waals surface area contributed by atoms with Gasteiger partial charge in [0, 0.05) is 23.8 Å². The second-order valence-electron chi connectivity index (χ2n) is 8.59. The standard InChI is InChI=1S/C24H28N4O4S/c1-16(2)14-22(32-20-9-4-17-10-11-26-23(25)21(17)15-20)24(29)27-18-5-7-19(8-6-18)28-12-3-13-33(28,30)31/h4-11,15-16,22H,3,12-14H2,1-2H3,(H2,25,26)(H,27,29). The van der Waals surface area contributed by atoms with E-state index in [1.807, 2.05) is 32.0 Å². The number of amides is 1. The summed E-state index contributed by atoms with van der Waals surface area (Å²) in [6.07, 6.45) is 2.08. The molecule has 3 N–H and O–H groups in total. The van der Waals surface area contributed by atoms with Crippen molar-refractivity contribution < 1.29 is 17.9 Å². The third-order valence-electron chi connectivity index (χ3n) is 5.55. The van der Waals surface area contributed by atoms with Gasteiger partial charge in [-0.3, -0.25) is 9.10 Å². The van der Waals surface area contributed by atoms with E-state index >= 15 is 0 Å². The zero-order valence-corrected chi connectivity index (χ0v) is 19.5. The summed E-state index contributed by atoms with van der Waals surface area (Å²) in [6, 6.07) is 14.2. The maximum atomic E-state index is 13.0. The molecule has 9 heteroatoms. The number of rotatable bonds is 7. The highest BCUT2D eigenvalue weighted by atomic mass is 32.2. The lowest BCUT2D eigenvalue weighted by molar-refractivity contribution is -0.123. The van der Waals surface area contributed by atoms with Crippen molar-refractivity contribution in [3.8, 4) is 5.75 Å². The molecule has 8 nitrogen and oxygen atoms in total. The molecular weight excluding hydrogens is 440 g/mol. The number of aromatic nitrogens is 1. The number of carbonyl (C=O) groups is 1. The number of nitrogens with two attached hydrogens (primary N) is 1. The number of benzene rings is 2. The zero-order valence-electron chi connectivity index (χ0n) is 18.7. The molecule has 1 fully saturated rings. The molecule has 2 aromatic carbocycles. The van der Waals surface area contributed by atoms with E-state index in [9.17, 15) is 13.2 Å². The molecule has 0 saturated carbocycles. The third kappa shape index (κ3) is 5.19. The van der Waals surface area contributed by atoms with Crippen molar-refractivity contribution in [1.29, 1.82) is 0 Å². The van der Waals surface area contributed by atoms with Crippen LogP contribution in [0, 0.1) is 5.92 Å². The summed E-state index contributed by atoms with van der Waals surface area (Å²) in [5.74, 6) is 1.07. The van der Waals surface area contributed by atoms with Gasteiger partial charge in [-0.05, 0) is 66.6 Å². The van der Waals surface area contributed by atoms with E-state index in [-0.39, 0.29) is 17.6 Å². The predicted octanol–water partition coefficient (Wildman–Crippen LogP) is 3.79. The van der Waals surface area contributed by atoms with Crippen molar-refractivity contribution in [2.45, 2.75) is 32.8 Å². The molecule has 174 valence electrons. The normalized spacial score (nSPS) is 16.2. The molecule has 2 heterocycles. The maximum absolute atomic E-state index is 13.0. The average Bonchev–Trinajstić information content (AvgIpc) is 3.13. The number of nitrogens with zero attached hydrogens (tertiary/aromatic N) is 2. The summed E-state index contributed by atoms with van der Waals surface area (Å²) in [6.45, 7) is 4.53. The van der Waals surface area contributed by atoms with E-state index < -0.39 is 16.1 Å². The quantitative estimate of drug-likeness (QED) is 0.545. The number of hydrogen-bond donors (Lipinski definition) is 2. The fraction of sp³-hybridized carbons (Fsp3) is 0.333. The van der Waals surface area contributed by atoms with Gasteiger partial charge in [-0.2, -0.15) is 0 Å². The van der Waals surface area contributed by atoms with Crippen LogP contribution in [0.5, 0.6) is 5.75 Å². The Morgan fingerprint density at radius 1 is 1.18 bits per heavy atom. The van der Waals surface area contributed by atoms with Crippen LogP contribution in [-0.2, 0) is 14.8 Å². The van der Waals surface area contributed by atoms with E-state index in [1.165, 1.54) is 4.31 Å². The van der Waals surface area contributed by atoms with Crippen LogP contribution in [0.25, 0.3) is 10.8 Å². The molecule has 1 aliphatic rings. The SMILES string of the molecule is CC(C)CC(Oc1ccc2ccnc(N)c2c1)C(=O)Nc1ccc(N2CCCS2(=O)=O)cc1. The molecule has 1 saturated heterocycles. The number of hydrogen-bond acceptors (Lipinski definition) is 6. The van der Waals surface area contributed by atoms with Crippen LogP contribution in [0.1, 0.15) is 26.7 Å². The highest BCUT2D eigenvalue weighted by Gasteiger charge is 2.28. The summed E-state index contributed by atoms with van der Waals surface area (Å²) in [4.78, 5) is 17.2. The molecule has 0 radical (unpaired) electrons. The topological polar surface area (TPSA) is 115 Å². The van der Waals surface area contributed by atoms with E-state index in [4.69, 9.17) is 10.5 Å². The second kappa shape index (κ2) is 9.27. The van der Waals surface area contributed by atoms with Crippen LogP contribution in [0.2, 0.25) is 0 Å². The largest absolute Gasteiger partial charge is 0.481 e. The Morgan fingerprint density at radius 2 is 1.94 bits per heavy atom. The van der Waals surface area contributed by atoms with Crippen LogP contribution in [0.4, 0.5) is 17.2 Å². The van der Waals surface area contributed by atoms with Crippen LogP contribution in [0.3, 0.4) is 0 Å². The van der Waals surface area contributed by atoms with Crippen LogP contribution in [0.15, 0.2) is 54.7 Å². The van der Waals surface area contributed by atoms with Gasteiger partial charge in [-0.25, -0.2) is 13.4 Å². The molecule has 1 unspecified atom stereocenters. The van der Waals surface area contributed by atoms with Gasteiger partial charge in [0.05, 0.1) is 11.4 Å². The number of nitrogen functional groups attached to an aromatic ring is 1. The maximum Gasteiger partial charge on any atom is 0.265 e. The van der Waals surface area contributed by atoms with Gasteiger partial charge in [0.25, 0.3) is 5.91 Å². The highest BCUT2D eigenvalue weighted by molar-refractivity contribution is 7.93. The van der Waals surface area contributed by atoms with E-state index in [2.05, 4.69) is 10.3 Å². The molecule has 1 aliphatic heterocycles. The molecule has 33 heavy (non-hydrogen) atoms. The van der Waals surface area contributed by atoms with Crippen molar-refractivity contribution in [3.63, 3.8) is 0 Å². The zero-order chi connectivity index (χ0) is 23.6. The Kier molecular flexibility index (Phi) is 6.42. The lowest BCUT2D eigenvalue weighted by Gasteiger charge is -2.21. The summed E-state index contributed by atoms with van der Waals surface area (Å²) in [5, 5.41) is 4.60. The molecule has 1 aromatic heterocycles. The van der Waals surface area contributed by atoms with Crippen LogP contribution >= 0.6 is 0 Å². The fourth-order valence-corrected chi connectivity index (χ4v) is 5.47. The molecule has 0 spiro atoms. The smallest absolute Gasteiger partial charge is 0.265 e. The Labute approximate surface area is 193 Å². The number of nitrogens with one attached hydrogen (secondary N) is 1. The minimum Gasteiger partial charge on any atom is -0.481 e. The Hall–Kier alpha value is -3.33. The van der Waals surface area contributed by atoms with Gasteiger partial charge < -0.3 is 15.8 Å². The predicted molar refractivity (Wildman–Crippen MR) is 131 cm³/mol. The van der Waals surface area contributed by atoms with Crippen molar-refractivity contribution in [2.24, 2.45) is 5.92 Å². The summed E-state index contributed by atoms with van der Waals surface area (Å²) in [7, 11) is -3.24. The first-order valence-corrected chi connectivity index (χ1v) is 12.6. The van der Waals surface area contributed by atoms with E-state index in [1.54, 1.807) is 36.5 Å². The van der Waals surface area contributed by atoms with Crippen molar-refractivity contribution in [3.05, 3.63) is 54.7 Å². The summed E-state index contributed by atoms with van der Waals surface area (Å²) >= 11 is 0. The average molecular weight is 469 g/mol. The van der Waals surface area contributed by atoms with Gasteiger partial charge in [0.1, 0.15) is 11.6 Å². The molecule has 0 bridgehead atoms. The van der Waals surface area contributed by atoms with E-state index in [0.717, 1.165) is 10.8 Å². The summed E-state index contributed by atoms with van der Waals surface area (Å²) < 4.78 is 31.7. The third-order valence-corrected chi connectivity index (χ3v) is 7.42. The van der Waals surface area contributed by atoms with Gasteiger partial charge >= 0.3 is 0 Å². The van der Waals surface area contributed by atoms with Gasteiger partial charge in [-0.15, -0.1) is 0 Å². The van der Waals surface area contributed by atoms with Crippen molar-refractivity contribution >= 4 is 43.9 Å². The van der Waals surface area contributed by atoms with Gasteiger partial charge in [0.15, 0.2) is 6.10 Å². The first-order valence-electron chi connectivity index (χ1n) is 11.0. The first-order chi connectivity index (χ1) is 15.7. The van der Waals surface area contributed by atoms with Crippen molar-refractivity contribution in [2.75, 3.05) is 27.7 Å². The number of anilines is 3. The molecule has 3 aromatic rings. The van der Waals surface area contributed by atoms with Gasteiger partial charge in [0.2, 0.25) is 10.0 Å². The molecular formula is C24H28N4O4S. The minimum atomic E-state index is -3.24. The second-order valence-corrected chi connectivity index (χ2v) is 10.6. The Morgan fingerprint density at radius 3 is 2.61 bits per heavy atom. The van der Waals surface area contributed by atoms with Crippen LogP contribution < -0.4 is 20.1 Å². The molecule has 1 amide bonds. The molecule has 4 rings (SSSR count). The summed E-state index contributed by atoms with van der Waals surface area (Å²) in [5.41, 5.74) is 7.16. The van der Waals surface area contributed by atoms with Crippen LogP contribution in [-0.4, -0.2) is 37.7 Å². The Balaban J connectivity index is 1.49. The number of pyridine rings is 1. The first kappa shape index (κ1) is 22.8. The van der Waals surface area contributed by atoms with Gasteiger partial charge in [-0.1, -0.05) is 19.9 Å². The fourth-order valence-electron chi connectivity index (χ4n) is 3.91. The number of ether oxygens (including phenoxy) is 1. The number of fused-ring (bicyclic) bond motifs is 1. The van der Waals surface area contributed by atoms with E-state index in [0.29, 0.717) is 42.3 Å². The number of sulfonamides is 1. The minimum absolute atomic E-state index is 0.163. The van der Waals surface area contributed by atoms with Crippen molar-refractivity contribution in [1.82, 2.24) is 4.98 Å². The lowest BCUT2D eigenvalue weighted by Crippen LogP contribution is -2.34. The lowest BCUT2D eigenvalue weighted by atomic mass is 10.0. The number of carbonyl (C=O) groups excluding carboxylic acids is 1. The molecule has 1 atom stereocenters. The Bertz CT molecular complexity index is 1260. The highest BCUT2D eigenvalue weighted by Crippen LogP contribution is 2.27. The molecule has 0 aliphatic carbocycles.